The minimum absolute atomic E-state index is 0.715. The smallest absolute Gasteiger partial charge is 0.150 e. The molecule has 0 aliphatic heterocycles. The van der Waals surface area contributed by atoms with Gasteiger partial charge in [0.25, 0.3) is 0 Å². The van der Waals surface area contributed by atoms with Gasteiger partial charge in [0, 0.05) is 16.2 Å². The quantitative estimate of drug-likeness (QED) is 0.877. The van der Waals surface area contributed by atoms with Gasteiger partial charge in [0.1, 0.15) is 0 Å². The summed E-state index contributed by atoms with van der Waals surface area (Å²) in [6.07, 6.45) is 0. The molecule has 0 unspecified atom stereocenters. The van der Waals surface area contributed by atoms with E-state index < -0.39 is 0 Å². The second kappa shape index (κ2) is 5.45. The van der Waals surface area contributed by atoms with Crippen molar-refractivity contribution in [3.63, 3.8) is 0 Å². The van der Waals surface area contributed by atoms with E-state index in [0.29, 0.717) is 6.54 Å². The van der Waals surface area contributed by atoms with Crippen LogP contribution in [0.5, 0.6) is 0 Å². The normalized spacial score (nSPS) is 10.6. The van der Waals surface area contributed by atoms with Crippen LogP contribution in [0.15, 0.2) is 34.9 Å². The molecule has 0 aliphatic rings. The van der Waals surface area contributed by atoms with Gasteiger partial charge in [-0.25, -0.2) is 0 Å². The number of rotatable bonds is 4. The Hall–Kier alpha value is -0.880. The molecule has 0 saturated heterocycles. The standard InChI is InChI=1S/C12H13IN2O/c1-9-6-12(16-15-9)8-14-7-10-2-4-11(13)5-3-10/h2-6,14H,7-8H2,1H3. The van der Waals surface area contributed by atoms with Crippen molar-refractivity contribution in [2.24, 2.45) is 0 Å². The van der Waals surface area contributed by atoms with Crippen LogP contribution in [-0.4, -0.2) is 5.16 Å². The number of hydrogen-bond donors (Lipinski definition) is 1. The highest BCUT2D eigenvalue weighted by molar-refractivity contribution is 14.1. The van der Waals surface area contributed by atoms with Gasteiger partial charge in [-0.1, -0.05) is 17.3 Å². The molecule has 0 fully saturated rings. The number of aromatic nitrogens is 1. The minimum Gasteiger partial charge on any atom is -0.360 e. The van der Waals surface area contributed by atoms with Crippen LogP contribution in [0.2, 0.25) is 0 Å². The molecule has 84 valence electrons. The summed E-state index contributed by atoms with van der Waals surface area (Å²) in [5.74, 6) is 0.878. The van der Waals surface area contributed by atoms with Crippen LogP contribution < -0.4 is 5.32 Å². The molecule has 2 rings (SSSR count). The molecule has 0 amide bonds. The maximum absolute atomic E-state index is 5.11. The van der Waals surface area contributed by atoms with Crippen LogP contribution >= 0.6 is 22.6 Å². The van der Waals surface area contributed by atoms with Crippen molar-refractivity contribution < 1.29 is 4.52 Å². The Kier molecular flexibility index (Phi) is 3.95. The molecule has 0 atom stereocenters. The van der Waals surface area contributed by atoms with E-state index >= 15 is 0 Å². The molecule has 1 aromatic carbocycles. The molecule has 16 heavy (non-hydrogen) atoms. The molecule has 3 nitrogen and oxygen atoms in total. The largest absolute Gasteiger partial charge is 0.360 e. The minimum atomic E-state index is 0.715. The zero-order valence-corrected chi connectivity index (χ0v) is 11.2. The van der Waals surface area contributed by atoms with E-state index in [1.54, 1.807) is 0 Å². The summed E-state index contributed by atoms with van der Waals surface area (Å²) in [5, 5.41) is 7.15. The van der Waals surface area contributed by atoms with Gasteiger partial charge in [-0.05, 0) is 47.2 Å². The van der Waals surface area contributed by atoms with Crippen molar-refractivity contribution in [3.8, 4) is 0 Å². The van der Waals surface area contributed by atoms with Gasteiger partial charge in [-0.15, -0.1) is 0 Å². The maximum Gasteiger partial charge on any atom is 0.150 e. The molecule has 1 heterocycles. The summed E-state index contributed by atoms with van der Waals surface area (Å²) in [7, 11) is 0. The van der Waals surface area contributed by atoms with Crippen LogP contribution in [0, 0.1) is 10.5 Å². The molecule has 2 aromatic rings. The summed E-state index contributed by atoms with van der Waals surface area (Å²) in [6.45, 7) is 3.48. The zero-order valence-electron chi connectivity index (χ0n) is 9.03. The molecule has 0 aliphatic carbocycles. The SMILES string of the molecule is Cc1cc(CNCc2ccc(I)cc2)on1. The van der Waals surface area contributed by atoms with Crippen LogP contribution in [0.3, 0.4) is 0 Å². The van der Waals surface area contributed by atoms with Crippen molar-refractivity contribution >= 4 is 22.6 Å². The predicted molar refractivity (Wildman–Crippen MR) is 70.9 cm³/mol. The van der Waals surface area contributed by atoms with Gasteiger partial charge in [-0.3, -0.25) is 0 Å². The average Bonchev–Trinajstić information content (AvgIpc) is 2.67. The molecule has 0 radical (unpaired) electrons. The van der Waals surface area contributed by atoms with E-state index in [2.05, 4.69) is 57.3 Å². The Morgan fingerprint density at radius 3 is 2.62 bits per heavy atom. The third-order valence-electron chi connectivity index (χ3n) is 2.22. The van der Waals surface area contributed by atoms with Crippen LogP contribution in [0.4, 0.5) is 0 Å². The fourth-order valence-electron chi connectivity index (χ4n) is 1.43. The number of hydrogen-bond acceptors (Lipinski definition) is 3. The number of aryl methyl sites for hydroxylation is 1. The predicted octanol–water partition coefficient (Wildman–Crippen LogP) is 2.88. The van der Waals surface area contributed by atoms with E-state index in [1.807, 2.05) is 13.0 Å². The first-order valence-electron chi connectivity index (χ1n) is 5.11. The van der Waals surface area contributed by atoms with Crippen LogP contribution in [0.1, 0.15) is 17.0 Å². The van der Waals surface area contributed by atoms with Gasteiger partial charge in [-0.2, -0.15) is 0 Å². The van der Waals surface area contributed by atoms with Crippen LogP contribution in [-0.2, 0) is 13.1 Å². The highest BCUT2D eigenvalue weighted by Crippen LogP contribution is 2.07. The van der Waals surface area contributed by atoms with Crippen molar-refractivity contribution in [1.82, 2.24) is 10.5 Å². The topological polar surface area (TPSA) is 38.1 Å². The van der Waals surface area contributed by atoms with Crippen molar-refractivity contribution in [2.75, 3.05) is 0 Å². The highest BCUT2D eigenvalue weighted by Gasteiger charge is 1.99. The lowest BCUT2D eigenvalue weighted by Gasteiger charge is -2.02. The summed E-state index contributed by atoms with van der Waals surface area (Å²) in [5.41, 5.74) is 2.20. The summed E-state index contributed by atoms with van der Waals surface area (Å²) in [4.78, 5) is 0. The van der Waals surface area contributed by atoms with Gasteiger partial charge in [0.2, 0.25) is 0 Å². The molecule has 0 spiro atoms. The number of nitrogens with zero attached hydrogens (tertiary/aromatic N) is 1. The Balaban J connectivity index is 1.82. The van der Waals surface area contributed by atoms with E-state index in [9.17, 15) is 0 Å². The van der Waals surface area contributed by atoms with Crippen molar-refractivity contribution in [3.05, 3.63) is 50.9 Å². The molecule has 1 aromatic heterocycles. The monoisotopic (exact) mass is 328 g/mol. The average molecular weight is 328 g/mol. The lowest BCUT2D eigenvalue weighted by molar-refractivity contribution is 0.369. The lowest BCUT2D eigenvalue weighted by atomic mass is 10.2. The summed E-state index contributed by atoms with van der Waals surface area (Å²) < 4.78 is 6.36. The Labute approximate surface area is 108 Å². The number of halogens is 1. The zero-order chi connectivity index (χ0) is 11.4. The van der Waals surface area contributed by atoms with E-state index in [0.717, 1.165) is 18.0 Å². The first kappa shape index (κ1) is 11.6. The Bertz CT molecular complexity index is 450. The summed E-state index contributed by atoms with van der Waals surface area (Å²) >= 11 is 2.30. The Morgan fingerprint density at radius 1 is 1.25 bits per heavy atom. The number of benzene rings is 1. The van der Waals surface area contributed by atoms with E-state index in [-0.39, 0.29) is 0 Å². The van der Waals surface area contributed by atoms with Gasteiger partial charge in [0.05, 0.1) is 12.2 Å². The fraction of sp³-hybridized carbons (Fsp3) is 0.250. The molecular formula is C12H13IN2O. The van der Waals surface area contributed by atoms with E-state index in [4.69, 9.17) is 4.52 Å². The molecule has 0 saturated carbocycles. The highest BCUT2D eigenvalue weighted by atomic mass is 127. The van der Waals surface area contributed by atoms with Crippen molar-refractivity contribution in [1.29, 1.82) is 0 Å². The third kappa shape index (κ3) is 3.31. The second-order valence-corrected chi connectivity index (χ2v) is 4.91. The maximum atomic E-state index is 5.11. The van der Waals surface area contributed by atoms with Gasteiger partial charge < -0.3 is 9.84 Å². The second-order valence-electron chi connectivity index (χ2n) is 3.66. The van der Waals surface area contributed by atoms with Gasteiger partial charge in [0.15, 0.2) is 5.76 Å². The summed E-state index contributed by atoms with van der Waals surface area (Å²) in [6, 6.07) is 10.4. The Morgan fingerprint density at radius 2 is 2.00 bits per heavy atom. The molecule has 4 heteroatoms. The molecule has 0 bridgehead atoms. The molecular weight excluding hydrogens is 315 g/mol. The number of nitrogens with one attached hydrogen (secondary N) is 1. The first-order valence-corrected chi connectivity index (χ1v) is 6.19. The lowest BCUT2D eigenvalue weighted by Crippen LogP contribution is -2.11. The van der Waals surface area contributed by atoms with Crippen LogP contribution in [0.25, 0.3) is 0 Å². The molecule has 1 N–H and O–H groups in total. The first-order chi connectivity index (χ1) is 7.74. The van der Waals surface area contributed by atoms with Crippen molar-refractivity contribution in [2.45, 2.75) is 20.0 Å². The van der Waals surface area contributed by atoms with E-state index in [1.165, 1.54) is 9.13 Å². The fourth-order valence-corrected chi connectivity index (χ4v) is 1.79. The van der Waals surface area contributed by atoms with Gasteiger partial charge >= 0.3 is 0 Å². The third-order valence-corrected chi connectivity index (χ3v) is 2.94.